The number of pyridine rings is 2. The smallest absolute Gasteiger partial charge is 0.379 e. The molecule has 2 aromatic heterocycles. The normalized spacial score (nSPS) is 12.1. The van der Waals surface area contributed by atoms with E-state index in [0.29, 0.717) is 38.2 Å². The van der Waals surface area contributed by atoms with Gasteiger partial charge in [0, 0.05) is 71.7 Å². The van der Waals surface area contributed by atoms with Gasteiger partial charge in [0.2, 0.25) is 5.78 Å². The maximum Gasteiger partial charge on any atom is 0.416 e. The van der Waals surface area contributed by atoms with Crippen molar-refractivity contribution in [1.82, 2.24) is 19.8 Å². The van der Waals surface area contributed by atoms with Gasteiger partial charge in [-0.2, -0.15) is 13.2 Å². The zero-order valence-electron chi connectivity index (χ0n) is 44.5. The first-order valence-electron chi connectivity index (χ1n) is 25.4. The second-order valence-corrected chi connectivity index (χ2v) is 21.1. The second-order valence-electron chi connectivity index (χ2n) is 18.2. The number of halogens is 3. The Hall–Kier alpha value is -7.52. The molecule has 4 aromatic carbocycles. The van der Waals surface area contributed by atoms with E-state index in [-0.39, 0.29) is 107 Å². The van der Waals surface area contributed by atoms with Crippen LogP contribution in [0.5, 0.6) is 0 Å². The predicted octanol–water partition coefficient (Wildman–Crippen LogP) is 8.05. The highest BCUT2D eigenvalue weighted by Gasteiger charge is 2.31. The summed E-state index contributed by atoms with van der Waals surface area (Å²) in [6.07, 6.45) is -4.25. The fraction of sp³-hybridized carbons (Fsp3) is 0.328. The number of aryl methyl sites for hydroxylation is 2. The number of aromatic nitrogens is 2. The van der Waals surface area contributed by atoms with Crippen molar-refractivity contribution in [3.63, 3.8) is 0 Å². The number of amides is 2. The number of hydrogen-bond acceptors (Lipinski definition) is 12. The van der Waals surface area contributed by atoms with E-state index < -0.39 is 73.4 Å². The summed E-state index contributed by atoms with van der Waals surface area (Å²) in [7, 11) is -3.68. The molecule has 17 nitrogen and oxygen atoms in total. The minimum absolute atomic E-state index is 0.00309. The maximum absolute atomic E-state index is 13.8. The van der Waals surface area contributed by atoms with Gasteiger partial charge in [0.15, 0.2) is 11.5 Å². The van der Waals surface area contributed by atoms with E-state index in [1.807, 2.05) is 19.9 Å². The van der Waals surface area contributed by atoms with Gasteiger partial charge in [-0.3, -0.25) is 37.9 Å². The van der Waals surface area contributed by atoms with Gasteiger partial charge in [-0.25, -0.2) is 13.3 Å². The van der Waals surface area contributed by atoms with Gasteiger partial charge in [-0.1, -0.05) is 60.2 Å². The molecule has 80 heavy (non-hydrogen) atoms. The van der Waals surface area contributed by atoms with Crippen molar-refractivity contribution < 1.29 is 59.7 Å². The molecule has 0 saturated carbocycles. The second kappa shape index (κ2) is 29.6. The molecule has 2 heterocycles. The highest BCUT2D eigenvalue weighted by molar-refractivity contribution is 7.85. The van der Waals surface area contributed by atoms with Crippen molar-refractivity contribution in [1.29, 1.82) is 0 Å². The molecule has 0 aliphatic heterocycles. The molecule has 0 fully saturated rings. The van der Waals surface area contributed by atoms with Crippen molar-refractivity contribution in [2.75, 3.05) is 65.9 Å². The van der Waals surface area contributed by atoms with Crippen LogP contribution in [0.25, 0.3) is 16.2 Å². The van der Waals surface area contributed by atoms with Crippen LogP contribution in [-0.4, -0.2) is 107 Å². The average molecular weight is 1140 g/mol. The highest BCUT2D eigenvalue weighted by atomic mass is 32.2. The third kappa shape index (κ3) is 16.8. The minimum atomic E-state index is -4.71. The molecule has 6 aromatic rings. The summed E-state index contributed by atoms with van der Waals surface area (Å²) in [5.41, 5.74) is 0.0688. The Balaban J connectivity index is 0.843. The molecule has 0 aliphatic carbocycles. The zero-order chi connectivity index (χ0) is 57.9. The van der Waals surface area contributed by atoms with Crippen molar-refractivity contribution in [3.8, 4) is 11.4 Å². The van der Waals surface area contributed by atoms with E-state index in [9.17, 15) is 50.4 Å². The number of rotatable bonds is 29. The Kier molecular flexibility index (Phi) is 22.8. The molecule has 2 atom stereocenters. The lowest BCUT2D eigenvalue weighted by Crippen LogP contribution is -2.35. The lowest BCUT2D eigenvalue weighted by molar-refractivity contribution is -0.138. The van der Waals surface area contributed by atoms with Gasteiger partial charge in [0.25, 0.3) is 22.9 Å². The summed E-state index contributed by atoms with van der Waals surface area (Å²) >= 11 is 0. The number of benzene rings is 4. The highest BCUT2D eigenvalue weighted by Crippen LogP contribution is 2.31. The van der Waals surface area contributed by atoms with Crippen LogP contribution in [0.3, 0.4) is 0 Å². The van der Waals surface area contributed by atoms with Crippen LogP contribution in [0.1, 0.15) is 74.5 Å². The maximum atomic E-state index is 13.8. The lowest BCUT2D eigenvalue weighted by Gasteiger charge is -2.18. The third-order valence-electron chi connectivity index (χ3n) is 12.3. The lowest BCUT2D eigenvalue weighted by atomic mass is 10.1. The molecule has 2 unspecified atom stereocenters. The first kappa shape index (κ1) is 61.7. The number of ketones is 2. The SMILES string of the molecule is [C-]#[N+]c1ccc(S(=O)c2cc(C(=O)CCCOCCOCCNC(=O)C(=O)CCCOCCOCCNC(=O)c3cc(S(=O)c4ccc(C)cc4)c(C)n(-c4cccc(C(F)(F)F)c4)c3=O)c(=O)n(-c3cccc(C)c3)c2C)cc1. The van der Waals surface area contributed by atoms with Crippen molar-refractivity contribution in [3.05, 3.63) is 181 Å². The first-order chi connectivity index (χ1) is 38.3. The van der Waals surface area contributed by atoms with Crippen molar-refractivity contribution >= 4 is 50.7 Å². The standard InChI is InChI=1S/C58H60F3N5O12S2/c1-38-16-20-46(21-17-38)79(73)53-37-49(57(72)66(41(53)4)45-13-7-11-42(35-45)58(59,60)61)54(69)63-24-28-77-32-31-76-27-9-15-51(68)55(70)64-25-29-78-33-30-75-26-8-14-50(67)48-36-52(80(74)47-22-18-43(62-5)19-23-47)40(3)65(56(48)71)44-12-6-10-39(2)34-44/h6-7,10-13,16-23,34-37H,8-9,14-15,24-33H2,1-4H3,(H,63,69)(H,64,70). The van der Waals surface area contributed by atoms with E-state index >= 15 is 0 Å². The Morgan fingerprint density at radius 3 is 1.61 bits per heavy atom. The molecular formula is C58H60F3N5O12S2. The van der Waals surface area contributed by atoms with Crippen LogP contribution in [0.15, 0.2) is 138 Å². The quantitative estimate of drug-likeness (QED) is 0.0198. The average Bonchev–Trinajstić information content (AvgIpc) is 3.61. The van der Waals surface area contributed by atoms with Crippen molar-refractivity contribution in [2.45, 2.75) is 79.1 Å². The molecule has 6 rings (SSSR count). The number of alkyl halides is 3. The Labute approximate surface area is 465 Å². The predicted molar refractivity (Wildman–Crippen MR) is 293 cm³/mol. The fourth-order valence-electron chi connectivity index (χ4n) is 8.10. The molecule has 422 valence electrons. The molecule has 2 amide bonds. The summed E-state index contributed by atoms with van der Waals surface area (Å²) in [4.78, 5) is 83.6. The number of Topliss-reactive ketones (excluding diaryl/α,β-unsaturated/α-hetero) is 2. The van der Waals surface area contributed by atoms with Crippen LogP contribution in [-0.2, 0) is 56.3 Å². The summed E-state index contributed by atoms with van der Waals surface area (Å²) in [5, 5.41) is 5.07. The topological polar surface area (TPSA) is 212 Å². The van der Waals surface area contributed by atoms with Crippen LogP contribution in [0.4, 0.5) is 18.9 Å². The molecule has 0 saturated heterocycles. The third-order valence-corrected chi connectivity index (χ3v) is 15.3. The molecular weight excluding hydrogens is 1080 g/mol. The summed E-state index contributed by atoms with van der Waals surface area (Å²) < 4.78 is 93.0. The molecule has 0 bridgehead atoms. The van der Waals surface area contributed by atoms with E-state index in [2.05, 4.69) is 15.5 Å². The van der Waals surface area contributed by atoms with Crippen molar-refractivity contribution in [2.24, 2.45) is 0 Å². The summed E-state index contributed by atoms with van der Waals surface area (Å²) in [6, 6.07) is 26.9. The summed E-state index contributed by atoms with van der Waals surface area (Å²) in [5.74, 6) is -2.70. The minimum Gasteiger partial charge on any atom is -0.379 e. The zero-order valence-corrected chi connectivity index (χ0v) is 46.1. The largest absolute Gasteiger partial charge is 0.416 e. The number of hydrogen-bond donors (Lipinski definition) is 2. The van der Waals surface area contributed by atoms with E-state index in [1.165, 1.54) is 29.7 Å². The summed E-state index contributed by atoms with van der Waals surface area (Å²) in [6.45, 7) is 15.1. The number of carbonyl (C=O) groups is 4. The van der Waals surface area contributed by atoms with Gasteiger partial charge < -0.3 is 29.6 Å². The van der Waals surface area contributed by atoms with Gasteiger partial charge in [-0.15, -0.1) is 0 Å². The van der Waals surface area contributed by atoms with Gasteiger partial charge in [0.1, 0.15) is 5.56 Å². The number of nitrogens with one attached hydrogen (secondary N) is 2. The Morgan fingerprint density at radius 2 is 1.06 bits per heavy atom. The molecule has 0 aliphatic rings. The van der Waals surface area contributed by atoms with E-state index in [0.717, 1.165) is 33.9 Å². The van der Waals surface area contributed by atoms with E-state index in [1.54, 1.807) is 73.7 Å². The Morgan fingerprint density at radius 1 is 0.575 bits per heavy atom. The van der Waals surface area contributed by atoms with Crippen LogP contribution in [0, 0.1) is 34.3 Å². The van der Waals surface area contributed by atoms with Crippen LogP contribution >= 0.6 is 0 Å². The monoisotopic (exact) mass is 1140 g/mol. The Bertz CT molecular complexity index is 3410. The van der Waals surface area contributed by atoms with E-state index in [4.69, 9.17) is 25.5 Å². The number of carbonyl (C=O) groups excluding carboxylic acids is 4. The molecule has 22 heteroatoms. The van der Waals surface area contributed by atoms with Gasteiger partial charge >= 0.3 is 6.18 Å². The molecule has 0 spiro atoms. The number of ether oxygens (including phenoxy) is 4. The number of nitrogens with zero attached hydrogens (tertiary/aromatic N) is 3. The van der Waals surface area contributed by atoms with Gasteiger partial charge in [0.05, 0.1) is 88.7 Å². The molecule has 2 N–H and O–H groups in total. The van der Waals surface area contributed by atoms with Crippen LogP contribution < -0.4 is 21.8 Å². The van der Waals surface area contributed by atoms with Crippen LogP contribution in [0.2, 0.25) is 0 Å². The fourth-order valence-corrected chi connectivity index (χ4v) is 10.5. The first-order valence-corrected chi connectivity index (χ1v) is 27.7. The van der Waals surface area contributed by atoms with Gasteiger partial charge in [-0.05, 0) is 101 Å². The molecule has 0 radical (unpaired) electrons.